The number of aromatic amines is 1. The Morgan fingerprint density at radius 1 is 1.27 bits per heavy atom. The van der Waals surface area contributed by atoms with Crippen molar-refractivity contribution in [3.05, 3.63) is 36.4 Å². The van der Waals surface area contributed by atoms with Crippen LogP contribution in [0.4, 0.5) is 0 Å². The molecule has 0 aliphatic heterocycles. The number of nitrogens with zero attached hydrogens (tertiary/aromatic N) is 4. The van der Waals surface area contributed by atoms with Crippen molar-refractivity contribution in [1.82, 2.24) is 30.0 Å². The summed E-state index contributed by atoms with van der Waals surface area (Å²) in [7, 11) is 0. The molecule has 2 N–H and O–H groups in total. The smallest absolute Gasteiger partial charge is 0.231 e. The highest BCUT2D eigenvalue weighted by atomic mass is 32.2. The van der Waals surface area contributed by atoms with E-state index in [2.05, 4.69) is 53.2 Å². The SMILES string of the molecule is CC(C)C(NC(=O)CSc1nncn1C(C)C)c1nc2ccccc2[nH]1. The topological polar surface area (TPSA) is 88.5 Å². The molecule has 0 saturated carbocycles. The van der Waals surface area contributed by atoms with Crippen LogP contribution in [0.2, 0.25) is 0 Å². The number of imidazole rings is 1. The van der Waals surface area contributed by atoms with E-state index in [1.807, 2.05) is 28.8 Å². The van der Waals surface area contributed by atoms with Gasteiger partial charge in [-0.15, -0.1) is 10.2 Å². The van der Waals surface area contributed by atoms with E-state index in [0.29, 0.717) is 0 Å². The number of H-pyrrole nitrogens is 1. The van der Waals surface area contributed by atoms with Crippen LogP contribution in [0.15, 0.2) is 35.7 Å². The summed E-state index contributed by atoms with van der Waals surface area (Å²) in [5.74, 6) is 1.23. The van der Waals surface area contributed by atoms with E-state index in [-0.39, 0.29) is 29.7 Å². The van der Waals surface area contributed by atoms with Crippen molar-refractivity contribution in [2.45, 2.75) is 44.9 Å². The average molecular weight is 372 g/mol. The molecular weight excluding hydrogens is 348 g/mol. The third kappa shape index (κ3) is 4.07. The second-order valence-electron chi connectivity index (χ2n) is 6.83. The van der Waals surface area contributed by atoms with Crippen molar-refractivity contribution in [1.29, 1.82) is 0 Å². The lowest BCUT2D eigenvalue weighted by molar-refractivity contribution is -0.119. The largest absolute Gasteiger partial charge is 0.345 e. The Morgan fingerprint density at radius 2 is 2.04 bits per heavy atom. The van der Waals surface area contributed by atoms with Gasteiger partial charge in [-0.25, -0.2) is 4.98 Å². The highest BCUT2D eigenvalue weighted by molar-refractivity contribution is 7.99. The zero-order chi connectivity index (χ0) is 18.7. The zero-order valence-corrected chi connectivity index (χ0v) is 16.2. The van der Waals surface area contributed by atoms with Gasteiger partial charge in [0.25, 0.3) is 0 Å². The van der Waals surface area contributed by atoms with Gasteiger partial charge in [0.1, 0.15) is 12.2 Å². The van der Waals surface area contributed by atoms with Gasteiger partial charge in [-0.2, -0.15) is 0 Å². The van der Waals surface area contributed by atoms with E-state index >= 15 is 0 Å². The average Bonchev–Trinajstić information content (AvgIpc) is 3.23. The lowest BCUT2D eigenvalue weighted by Crippen LogP contribution is -2.33. The molecule has 0 radical (unpaired) electrons. The minimum absolute atomic E-state index is 0.0486. The summed E-state index contributed by atoms with van der Waals surface area (Å²) in [6.45, 7) is 8.26. The molecule has 0 spiro atoms. The Morgan fingerprint density at radius 3 is 2.73 bits per heavy atom. The van der Waals surface area contributed by atoms with Crippen LogP contribution in [-0.4, -0.2) is 36.4 Å². The maximum Gasteiger partial charge on any atom is 0.231 e. The molecule has 1 atom stereocenters. The molecule has 0 aliphatic rings. The van der Waals surface area contributed by atoms with Gasteiger partial charge in [0.05, 0.1) is 22.8 Å². The number of para-hydroxylation sites is 2. The molecule has 3 aromatic rings. The van der Waals surface area contributed by atoms with Crippen molar-refractivity contribution in [2.24, 2.45) is 5.92 Å². The predicted molar refractivity (Wildman–Crippen MR) is 103 cm³/mol. The molecule has 7 nitrogen and oxygen atoms in total. The van der Waals surface area contributed by atoms with Gasteiger partial charge in [-0.05, 0) is 31.9 Å². The van der Waals surface area contributed by atoms with E-state index in [4.69, 9.17) is 0 Å². The summed E-state index contributed by atoms with van der Waals surface area (Å²) < 4.78 is 1.96. The molecule has 138 valence electrons. The number of thioether (sulfide) groups is 1. The fourth-order valence-electron chi connectivity index (χ4n) is 2.71. The van der Waals surface area contributed by atoms with Gasteiger partial charge in [-0.3, -0.25) is 4.79 Å². The van der Waals surface area contributed by atoms with Crippen LogP contribution in [0.25, 0.3) is 11.0 Å². The van der Waals surface area contributed by atoms with Crippen molar-refractivity contribution >= 4 is 28.7 Å². The van der Waals surface area contributed by atoms with E-state index < -0.39 is 0 Å². The van der Waals surface area contributed by atoms with Crippen LogP contribution in [0.5, 0.6) is 0 Å². The number of hydrogen-bond acceptors (Lipinski definition) is 5. The fraction of sp³-hybridized carbons (Fsp3) is 0.444. The molecule has 1 aromatic carbocycles. The maximum atomic E-state index is 12.5. The summed E-state index contributed by atoms with van der Waals surface area (Å²) in [5, 5.41) is 11.9. The Bertz CT molecular complexity index is 852. The second-order valence-corrected chi connectivity index (χ2v) is 7.77. The number of carbonyl (C=O) groups excluding carboxylic acids is 1. The number of aromatic nitrogens is 5. The summed E-state index contributed by atoms with van der Waals surface area (Å²) in [4.78, 5) is 20.4. The summed E-state index contributed by atoms with van der Waals surface area (Å²) in [5.41, 5.74) is 1.88. The zero-order valence-electron chi connectivity index (χ0n) is 15.4. The maximum absolute atomic E-state index is 12.5. The first kappa shape index (κ1) is 18.4. The predicted octanol–water partition coefficient (Wildman–Crippen LogP) is 3.34. The summed E-state index contributed by atoms with van der Waals surface area (Å²) in [6, 6.07) is 7.96. The first-order chi connectivity index (χ1) is 12.5. The number of carbonyl (C=O) groups is 1. The minimum Gasteiger partial charge on any atom is -0.345 e. The molecule has 1 unspecified atom stereocenters. The van der Waals surface area contributed by atoms with Gasteiger partial charge in [-0.1, -0.05) is 37.7 Å². The Balaban J connectivity index is 1.67. The standard InChI is InChI=1S/C18H24N6OS/c1-11(2)16(17-20-13-7-5-6-8-14(13)21-17)22-15(25)9-26-18-23-19-10-24(18)12(3)4/h5-8,10-12,16H,9H2,1-4H3,(H,20,21)(H,22,25). The monoisotopic (exact) mass is 372 g/mol. The van der Waals surface area contributed by atoms with Gasteiger partial charge in [0.15, 0.2) is 5.16 Å². The molecule has 0 fully saturated rings. The molecule has 1 amide bonds. The Kier molecular flexibility index (Phi) is 5.61. The highest BCUT2D eigenvalue weighted by Gasteiger charge is 2.22. The van der Waals surface area contributed by atoms with Crippen LogP contribution in [0.1, 0.15) is 45.6 Å². The van der Waals surface area contributed by atoms with E-state index in [9.17, 15) is 4.79 Å². The summed E-state index contributed by atoms with van der Waals surface area (Å²) in [6.07, 6.45) is 1.69. The van der Waals surface area contributed by atoms with Crippen molar-refractivity contribution in [2.75, 3.05) is 5.75 Å². The lowest BCUT2D eigenvalue weighted by atomic mass is 10.0. The number of nitrogens with one attached hydrogen (secondary N) is 2. The van der Waals surface area contributed by atoms with Crippen LogP contribution < -0.4 is 5.32 Å². The third-order valence-electron chi connectivity index (χ3n) is 4.11. The number of fused-ring (bicyclic) bond motifs is 1. The van der Waals surface area contributed by atoms with Crippen LogP contribution in [-0.2, 0) is 4.79 Å². The molecule has 2 aromatic heterocycles. The number of amides is 1. The van der Waals surface area contributed by atoms with Crippen LogP contribution in [0.3, 0.4) is 0 Å². The van der Waals surface area contributed by atoms with Gasteiger partial charge >= 0.3 is 0 Å². The first-order valence-corrected chi connectivity index (χ1v) is 9.70. The third-order valence-corrected chi connectivity index (χ3v) is 5.07. The molecule has 8 heteroatoms. The second kappa shape index (κ2) is 7.90. The van der Waals surface area contributed by atoms with E-state index in [1.54, 1.807) is 6.33 Å². The normalized spacial score (nSPS) is 12.8. The molecule has 3 rings (SSSR count). The summed E-state index contributed by atoms with van der Waals surface area (Å²) >= 11 is 1.39. The van der Waals surface area contributed by atoms with Gasteiger partial charge in [0, 0.05) is 6.04 Å². The Labute approximate surface area is 157 Å². The van der Waals surface area contributed by atoms with Gasteiger partial charge in [0.2, 0.25) is 5.91 Å². The molecule has 26 heavy (non-hydrogen) atoms. The quantitative estimate of drug-likeness (QED) is 0.621. The lowest BCUT2D eigenvalue weighted by Gasteiger charge is -2.20. The highest BCUT2D eigenvalue weighted by Crippen LogP contribution is 2.23. The molecule has 0 saturated heterocycles. The van der Waals surface area contributed by atoms with Crippen molar-refractivity contribution in [3.8, 4) is 0 Å². The van der Waals surface area contributed by atoms with Gasteiger partial charge < -0.3 is 14.9 Å². The number of hydrogen-bond donors (Lipinski definition) is 2. The molecule has 0 bridgehead atoms. The molecular formula is C18H24N6OS. The minimum atomic E-state index is -0.168. The number of rotatable bonds is 7. The van der Waals surface area contributed by atoms with Crippen molar-refractivity contribution in [3.63, 3.8) is 0 Å². The fourth-order valence-corrected chi connectivity index (χ4v) is 3.56. The van der Waals surface area contributed by atoms with Crippen molar-refractivity contribution < 1.29 is 4.79 Å². The molecule has 2 heterocycles. The molecule has 0 aliphatic carbocycles. The first-order valence-electron chi connectivity index (χ1n) is 8.72. The van der Waals surface area contributed by atoms with Crippen LogP contribution >= 0.6 is 11.8 Å². The van der Waals surface area contributed by atoms with Crippen LogP contribution in [0, 0.1) is 5.92 Å². The van der Waals surface area contributed by atoms with E-state index in [0.717, 1.165) is 22.0 Å². The number of benzene rings is 1. The van der Waals surface area contributed by atoms with E-state index in [1.165, 1.54) is 11.8 Å². The Hall–Kier alpha value is -2.35.